The first-order chi connectivity index (χ1) is 14.8. The van der Waals surface area contributed by atoms with E-state index >= 15 is 0 Å². The third kappa shape index (κ3) is 4.41. The number of hydroxylamine groups is 2. The van der Waals surface area contributed by atoms with Gasteiger partial charge in [-0.2, -0.15) is 0 Å². The fourth-order valence-electron chi connectivity index (χ4n) is 3.31. The van der Waals surface area contributed by atoms with Crippen molar-refractivity contribution in [1.82, 2.24) is 14.6 Å². The van der Waals surface area contributed by atoms with Crippen molar-refractivity contribution < 1.29 is 19.2 Å². The third-order valence-corrected chi connectivity index (χ3v) is 6.25. The van der Waals surface area contributed by atoms with Gasteiger partial charge in [0.1, 0.15) is 14.1 Å². The minimum Gasteiger partial charge on any atom is -0.374 e. The normalized spacial score (nSPS) is 13.8. The van der Waals surface area contributed by atoms with Crippen LogP contribution in [0.25, 0.3) is 20.8 Å². The predicted octanol–water partition coefficient (Wildman–Crippen LogP) is 1.87. The topological polar surface area (TPSA) is 82.8 Å². The fourth-order valence-corrected chi connectivity index (χ4v) is 4.34. The van der Waals surface area contributed by atoms with Crippen molar-refractivity contribution in [2.75, 3.05) is 32.6 Å². The minimum absolute atomic E-state index is 0.0528. The Morgan fingerprint density at radius 3 is 2.61 bits per heavy atom. The van der Waals surface area contributed by atoms with Gasteiger partial charge in [0.05, 0.1) is 27.2 Å². The highest BCUT2D eigenvalue weighted by Crippen LogP contribution is 2.31. The second kappa shape index (κ2) is 8.43. The zero-order valence-corrected chi connectivity index (χ0v) is 18.4. The van der Waals surface area contributed by atoms with Gasteiger partial charge in [-0.25, -0.2) is 14.4 Å². The standard InChI is InChI=1S/C22H23N4O4S/c1-24(2)14-4-6-16-18(12-14)31-19-13-15(5-7-17(19)23-16)25(3)11-10-22(29)30-26-20(27)8-9-21(26)28/h4-7,12-13H,8-11H2,1-3H3/q+1. The monoisotopic (exact) mass is 439 g/mol. The van der Waals surface area contributed by atoms with Crippen molar-refractivity contribution in [3.63, 3.8) is 0 Å². The first-order valence-corrected chi connectivity index (χ1v) is 10.8. The number of amides is 2. The number of fused-ring (bicyclic) bond motifs is 2. The van der Waals surface area contributed by atoms with Crippen LogP contribution in [0.2, 0.25) is 0 Å². The number of anilines is 1. The van der Waals surface area contributed by atoms with Gasteiger partial charge < -0.3 is 9.74 Å². The maximum absolute atomic E-state index is 12.1. The molecular weight excluding hydrogens is 416 g/mol. The molecular formula is C22H23N4O4S+. The summed E-state index contributed by atoms with van der Waals surface area (Å²) >= 11 is 1.67. The number of carbonyl (C=O) groups is 3. The number of aromatic nitrogens is 1. The van der Waals surface area contributed by atoms with Crippen molar-refractivity contribution in [3.05, 3.63) is 41.8 Å². The van der Waals surface area contributed by atoms with Crippen LogP contribution in [-0.4, -0.2) is 55.5 Å². The number of rotatable bonds is 5. The number of benzene rings is 2. The summed E-state index contributed by atoms with van der Waals surface area (Å²) < 4.78 is 3.10. The van der Waals surface area contributed by atoms with Crippen molar-refractivity contribution in [3.8, 4) is 10.6 Å². The number of hydrogen-bond acceptors (Lipinski definition) is 7. The summed E-state index contributed by atoms with van der Waals surface area (Å²) in [5.74, 6) is -1.55. The van der Waals surface area contributed by atoms with Crippen LogP contribution in [-0.2, 0) is 19.2 Å². The van der Waals surface area contributed by atoms with Gasteiger partial charge in [0, 0.05) is 44.3 Å². The van der Waals surface area contributed by atoms with E-state index in [1.54, 1.807) is 11.3 Å². The van der Waals surface area contributed by atoms with E-state index in [1.807, 2.05) is 50.3 Å². The molecule has 160 valence electrons. The maximum Gasteiger partial charge on any atom is 0.334 e. The van der Waals surface area contributed by atoms with E-state index < -0.39 is 17.8 Å². The molecule has 9 heteroatoms. The molecule has 1 fully saturated rings. The lowest BCUT2D eigenvalue weighted by Gasteiger charge is -2.20. The molecule has 0 radical (unpaired) electrons. The Bertz CT molecular complexity index is 1220. The van der Waals surface area contributed by atoms with Gasteiger partial charge in [0.15, 0.2) is 0 Å². The lowest BCUT2D eigenvalue weighted by molar-refractivity contribution is -0.197. The molecule has 1 aromatic rings. The van der Waals surface area contributed by atoms with Crippen LogP contribution in [0.15, 0.2) is 36.4 Å². The zero-order valence-electron chi connectivity index (χ0n) is 17.6. The maximum atomic E-state index is 12.1. The van der Waals surface area contributed by atoms with E-state index in [4.69, 9.17) is 9.82 Å². The van der Waals surface area contributed by atoms with Gasteiger partial charge >= 0.3 is 5.97 Å². The van der Waals surface area contributed by atoms with Crippen molar-refractivity contribution in [2.45, 2.75) is 19.3 Å². The first-order valence-electron chi connectivity index (χ1n) is 9.94. The highest BCUT2D eigenvalue weighted by molar-refractivity contribution is 7.21. The summed E-state index contributed by atoms with van der Waals surface area (Å²) in [4.78, 5) is 47.9. The Hall–Kier alpha value is -3.33. The summed E-state index contributed by atoms with van der Waals surface area (Å²) in [5, 5.41) is 1.70. The largest absolute Gasteiger partial charge is 0.374 e. The highest BCUT2D eigenvalue weighted by atomic mass is 32.1. The molecule has 0 N–H and O–H groups in total. The predicted molar refractivity (Wildman–Crippen MR) is 118 cm³/mol. The molecule has 0 aromatic heterocycles. The number of hydrogen-bond donors (Lipinski definition) is 0. The van der Waals surface area contributed by atoms with Gasteiger partial charge in [-0.3, -0.25) is 9.59 Å². The molecule has 0 saturated carbocycles. The molecule has 2 aliphatic heterocycles. The first kappa shape index (κ1) is 20.9. The molecule has 0 unspecified atom stereocenters. The Kier molecular flexibility index (Phi) is 5.69. The lowest BCUT2D eigenvalue weighted by Crippen LogP contribution is -2.33. The molecule has 8 nitrogen and oxygen atoms in total. The molecule has 0 atom stereocenters. The minimum atomic E-state index is -0.608. The molecule has 1 aromatic carbocycles. The molecule has 0 bridgehead atoms. The van der Waals surface area contributed by atoms with E-state index in [2.05, 4.69) is 16.7 Å². The van der Waals surface area contributed by atoms with Crippen LogP contribution >= 0.6 is 11.3 Å². The molecule has 31 heavy (non-hydrogen) atoms. The number of carbonyl (C=O) groups excluding carboxylic acids is 3. The van der Waals surface area contributed by atoms with Crippen LogP contribution in [0.1, 0.15) is 19.3 Å². The third-order valence-electron chi connectivity index (χ3n) is 5.15. The zero-order chi connectivity index (χ0) is 22.1. The van der Waals surface area contributed by atoms with Gasteiger partial charge in [0.2, 0.25) is 5.36 Å². The molecule has 1 saturated heterocycles. The Morgan fingerprint density at radius 1 is 1.16 bits per heavy atom. The molecule has 0 spiro atoms. The van der Waals surface area contributed by atoms with Crippen molar-refractivity contribution in [1.29, 1.82) is 0 Å². The van der Waals surface area contributed by atoms with E-state index in [9.17, 15) is 14.4 Å². The van der Waals surface area contributed by atoms with Crippen LogP contribution in [0.5, 0.6) is 0 Å². The van der Waals surface area contributed by atoms with Gasteiger partial charge in [-0.05, 0) is 24.3 Å². The molecule has 1 aliphatic carbocycles. The summed E-state index contributed by atoms with van der Waals surface area (Å²) in [7, 11) is 5.89. The number of imide groups is 1. The van der Waals surface area contributed by atoms with E-state index in [-0.39, 0.29) is 19.3 Å². The smallest absolute Gasteiger partial charge is 0.334 e. The average Bonchev–Trinajstić information content (AvgIpc) is 3.07. The molecule has 2 heterocycles. The summed E-state index contributed by atoms with van der Waals surface area (Å²) in [6.45, 7) is 0.386. The Labute approximate surface area is 183 Å². The van der Waals surface area contributed by atoms with Crippen molar-refractivity contribution >= 4 is 45.0 Å². The average molecular weight is 440 g/mol. The summed E-state index contributed by atoms with van der Waals surface area (Å²) in [5.41, 5.74) is 2.81. The van der Waals surface area contributed by atoms with Crippen LogP contribution in [0.3, 0.4) is 0 Å². The fraction of sp³-hybridized carbons (Fsp3) is 0.318. The summed E-state index contributed by atoms with van der Waals surface area (Å²) in [6.07, 6.45) is 0.225. The molecule has 4 rings (SSSR count). The number of nitrogens with zero attached hydrogens (tertiary/aromatic N) is 4. The van der Waals surface area contributed by atoms with E-state index in [1.165, 1.54) is 0 Å². The van der Waals surface area contributed by atoms with Gasteiger partial charge in [-0.1, -0.05) is 0 Å². The lowest BCUT2D eigenvalue weighted by atomic mass is 10.2. The van der Waals surface area contributed by atoms with E-state index in [0.29, 0.717) is 11.6 Å². The second-order valence-corrected chi connectivity index (χ2v) is 8.71. The van der Waals surface area contributed by atoms with E-state index in [0.717, 1.165) is 31.8 Å². The quantitative estimate of drug-likeness (QED) is 0.343. The Morgan fingerprint density at radius 2 is 1.90 bits per heavy atom. The van der Waals surface area contributed by atoms with Crippen LogP contribution in [0.4, 0.5) is 5.69 Å². The molecule has 3 aliphatic rings. The van der Waals surface area contributed by atoms with Crippen LogP contribution in [0, 0.1) is 0 Å². The highest BCUT2D eigenvalue weighted by Gasteiger charge is 2.32. The second-order valence-electron chi connectivity index (χ2n) is 7.63. The van der Waals surface area contributed by atoms with Gasteiger partial charge in [0.25, 0.3) is 11.8 Å². The van der Waals surface area contributed by atoms with Gasteiger partial charge in [-0.15, -0.1) is 16.4 Å². The SMILES string of the molecule is CN(CCC(=O)ON1C(=O)CCC1=O)c1ccc2nc3ccc(=[N+](C)C)cc-3sc2c1. The molecule has 2 amide bonds. The summed E-state index contributed by atoms with van der Waals surface area (Å²) in [6, 6.07) is 12.2. The van der Waals surface area contributed by atoms with Crippen LogP contribution < -0.4 is 14.8 Å². The van der Waals surface area contributed by atoms with Crippen molar-refractivity contribution in [2.24, 2.45) is 0 Å². The Balaban J connectivity index is 1.49.